The van der Waals surface area contributed by atoms with E-state index >= 15 is 0 Å². The first-order valence-corrected chi connectivity index (χ1v) is 10.4. The summed E-state index contributed by atoms with van der Waals surface area (Å²) in [5.74, 6) is -3.75. The van der Waals surface area contributed by atoms with Gasteiger partial charge in [0.05, 0.1) is 11.8 Å². The molecule has 0 aromatic heterocycles. The lowest BCUT2D eigenvalue weighted by Gasteiger charge is -2.26. The van der Waals surface area contributed by atoms with Crippen LogP contribution in [0, 0.1) is 22.7 Å². The summed E-state index contributed by atoms with van der Waals surface area (Å²) >= 11 is 0. The van der Waals surface area contributed by atoms with Gasteiger partial charge in [0, 0.05) is 13.1 Å². The summed E-state index contributed by atoms with van der Waals surface area (Å²) in [6.45, 7) is 11.9. The summed E-state index contributed by atoms with van der Waals surface area (Å²) in [6, 6.07) is -1.68. The van der Waals surface area contributed by atoms with Crippen LogP contribution in [-0.2, 0) is 19.2 Å². The van der Waals surface area contributed by atoms with Gasteiger partial charge in [-0.05, 0) is 23.7 Å². The molecule has 4 unspecified atom stereocenters. The van der Waals surface area contributed by atoms with E-state index in [0.717, 1.165) is 0 Å². The summed E-state index contributed by atoms with van der Waals surface area (Å²) in [5.41, 5.74) is -0.528. The van der Waals surface area contributed by atoms with Crippen molar-refractivity contribution in [3.63, 3.8) is 0 Å². The monoisotopic (exact) mass is 422 g/mol. The first kappa shape index (κ1) is 23.9. The second-order valence-corrected chi connectivity index (χ2v) is 10.3. The first-order chi connectivity index (χ1) is 13.6. The fourth-order valence-electron chi connectivity index (χ4n) is 4.46. The Morgan fingerprint density at radius 3 is 1.33 bits per heavy atom. The molecule has 30 heavy (non-hydrogen) atoms. The van der Waals surface area contributed by atoms with E-state index in [9.17, 15) is 29.4 Å². The van der Waals surface area contributed by atoms with Gasteiger partial charge in [0.2, 0.25) is 11.8 Å². The van der Waals surface area contributed by atoms with Gasteiger partial charge >= 0.3 is 11.9 Å². The lowest BCUT2D eigenvalue weighted by Crippen LogP contribution is -2.43. The van der Waals surface area contributed by atoms with Gasteiger partial charge in [-0.2, -0.15) is 0 Å². The lowest BCUT2D eigenvalue weighted by molar-refractivity contribution is -0.149. The fraction of sp³-hybridized carbons (Fsp3) is 0.727. The third-order valence-electron chi connectivity index (χ3n) is 6.04. The van der Waals surface area contributed by atoms with Crippen molar-refractivity contribution in [1.82, 2.24) is 9.80 Å². The number of hydrogen-bond donors (Lipinski definition) is 2. The number of amides is 2. The van der Waals surface area contributed by atoms with Gasteiger partial charge in [-0.1, -0.05) is 53.7 Å². The van der Waals surface area contributed by atoms with Gasteiger partial charge in [0.25, 0.3) is 0 Å². The van der Waals surface area contributed by atoms with Gasteiger partial charge < -0.3 is 20.0 Å². The van der Waals surface area contributed by atoms with Crippen LogP contribution in [0.3, 0.4) is 0 Å². The van der Waals surface area contributed by atoms with Crippen molar-refractivity contribution in [3.8, 4) is 0 Å². The summed E-state index contributed by atoms with van der Waals surface area (Å²) < 4.78 is 0. The van der Waals surface area contributed by atoms with Crippen molar-refractivity contribution in [2.45, 2.75) is 66.5 Å². The molecule has 2 rings (SSSR count). The molecule has 2 aliphatic heterocycles. The van der Waals surface area contributed by atoms with Crippen LogP contribution in [0.2, 0.25) is 0 Å². The zero-order valence-corrected chi connectivity index (χ0v) is 18.7. The van der Waals surface area contributed by atoms with E-state index in [0.29, 0.717) is 25.9 Å². The minimum absolute atomic E-state index is 0.264. The third kappa shape index (κ3) is 5.21. The summed E-state index contributed by atoms with van der Waals surface area (Å²) in [4.78, 5) is 51.6. The smallest absolute Gasteiger partial charge is 0.326 e. The zero-order valence-electron chi connectivity index (χ0n) is 18.7. The number of carboxylic acid groups (broad SMARTS) is 2. The molecule has 0 bridgehead atoms. The van der Waals surface area contributed by atoms with Crippen LogP contribution in [-0.4, -0.2) is 68.9 Å². The highest BCUT2D eigenvalue weighted by Gasteiger charge is 2.45. The molecular weight excluding hydrogens is 388 g/mol. The van der Waals surface area contributed by atoms with E-state index in [1.165, 1.54) is 9.80 Å². The topological polar surface area (TPSA) is 115 Å². The molecule has 168 valence electrons. The van der Waals surface area contributed by atoms with E-state index < -0.39 is 35.9 Å². The SMILES string of the molecule is CC(/C=C/C(C)C(=O)N1CC(C)(C)CC1C(=O)O)C(=O)N1CC(C)(C)CC1C(=O)O. The maximum atomic E-state index is 12.9. The normalized spacial score (nSPS) is 27.3. The van der Waals surface area contributed by atoms with Crippen molar-refractivity contribution >= 4 is 23.8 Å². The maximum absolute atomic E-state index is 12.9. The molecule has 2 N–H and O–H groups in total. The molecule has 2 fully saturated rings. The molecular formula is C22H34N2O6. The quantitative estimate of drug-likeness (QED) is 0.634. The second-order valence-electron chi connectivity index (χ2n) is 10.3. The summed E-state index contributed by atoms with van der Waals surface area (Å²) in [7, 11) is 0. The molecule has 2 heterocycles. The molecule has 0 saturated carbocycles. The van der Waals surface area contributed by atoms with Gasteiger partial charge in [0.15, 0.2) is 0 Å². The van der Waals surface area contributed by atoms with Crippen molar-refractivity contribution in [2.24, 2.45) is 22.7 Å². The van der Waals surface area contributed by atoms with Crippen LogP contribution in [0.4, 0.5) is 0 Å². The molecule has 0 radical (unpaired) electrons. The highest BCUT2D eigenvalue weighted by Crippen LogP contribution is 2.36. The van der Waals surface area contributed by atoms with Gasteiger partial charge in [-0.15, -0.1) is 0 Å². The largest absolute Gasteiger partial charge is 0.480 e. The Kier molecular flexibility index (Phi) is 6.69. The van der Waals surface area contributed by atoms with Crippen molar-refractivity contribution in [2.75, 3.05) is 13.1 Å². The Morgan fingerprint density at radius 1 is 0.767 bits per heavy atom. The Labute approximate surface area is 177 Å². The number of hydrogen-bond acceptors (Lipinski definition) is 4. The van der Waals surface area contributed by atoms with Crippen molar-refractivity contribution in [1.29, 1.82) is 0 Å². The van der Waals surface area contributed by atoms with Crippen LogP contribution in [0.5, 0.6) is 0 Å². The van der Waals surface area contributed by atoms with Crippen LogP contribution >= 0.6 is 0 Å². The Morgan fingerprint density at radius 2 is 1.07 bits per heavy atom. The average Bonchev–Trinajstić information content (AvgIpc) is 3.13. The lowest BCUT2D eigenvalue weighted by atomic mass is 9.91. The van der Waals surface area contributed by atoms with Crippen molar-refractivity contribution < 1.29 is 29.4 Å². The van der Waals surface area contributed by atoms with Crippen molar-refractivity contribution in [3.05, 3.63) is 12.2 Å². The number of likely N-dealkylation sites (tertiary alicyclic amines) is 2. The average molecular weight is 423 g/mol. The zero-order chi connectivity index (χ0) is 23.0. The molecule has 0 aromatic carbocycles. The van der Waals surface area contributed by atoms with Crippen LogP contribution < -0.4 is 0 Å². The Balaban J connectivity index is 2.07. The highest BCUT2D eigenvalue weighted by atomic mass is 16.4. The second kappa shape index (κ2) is 8.40. The standard InChI is InChI=1S/C22H34N2O6/c1-13(17(25)23-11-21(3,4)9-15(23)19(27)28)7-8-14(2)18(26)24-12-22(5,6)10-16(24)20(29)30/h7-8,13-16H,9-12H2,1-6H3,(H,27,28)(H,29,30)/b8-7+. The van der Waals surface area contributed by atoms with E-state index in [2.05, 4.69) is 0 Å². The van der Waals surface area contributed by atoms with E-state index in [4.69, 9.17) is 0 Å². The molecule has 2 saturated heterocycles. The third-order valence-corrected chi connectivity index (χ3v) is 6.04. The molecule has 8 nitrogen and oxygen atoms in total. The minimum atomic E-state index is -1.01. The minimum Gasteiger partial charge on any atom is -0.480 e. The summed E-state index contributed by atoms with van der Waals surface area (Å²) in [6.07, 6.45) is 4.04. The highest BCUT2D eigenvalue weighted by molar-refractivity contribution is 5.88. The number of carbonyl (C=O) groups is 4. The molecule has 0 aliphatic carbocycles. The fourth-order valence-corrected chi connectivity index (χ4v) is 4.46. The maximum Gasteiger partial charge on any atom is 0.326 e. The first-order valence-electron chi connectivity index (χ1n) is 10.4. The molecule has 8 heteroatoms. The Hall–Kier alpha value is -2.38. The molecule has 0 aromatic rings. The van der Waals surface area contributed by atoms with Gasteiger partial charge in [-0.25, -0.2) is 9.59 Å². The number of nitrogens with zero attached hydrogens (tertiary/aromatic N) is 2. The van der Waals surface area contributed by atoms with Gasteiger partial charge in [-0.3, -0.25) is 9.59 Å². The number of carboxylic acids is 2. The predicted octanol–water partition coefficient (Wildman–Crippen LogP) is 2.24. The molecule has 2 amide bonds. The van der Waals surface area contributed by atoms with E-state index in [1.807, 2.05) is 27.7 Å². The van der Waals surface area contributed by atoms with E-state index in [-0.39, 0.29) is 22.6 Å². The van der Waals surface area contributed by atoms with Crippen LogP contribution in [0.1, 0.15) is 54.4 Å². The number of aliphatic carboxylic acids is 2. The Bertz CT molecular complexity index is 695. The molecule has 2 aliphatic rings. The van der Waals surface area contributed by atoms with E-state index in [1.54, 1.807) is 26.0 Å². The van der Waals surface area contributed by atoms with Crippen LogP contribution in [0.15, 0.2) is 12.2 Å². The summed E-state index contributed by atoms with van der Waals surface area (Å²) in [5, 5.41) is 18.9. The number of rotatable bonds is 6. The number of carbonyl (C=O) groups excluding carboxylic acids is 2. The van der Waals surface area contributed by atoms with Gasteiger partial charge in [0.1, 0.15) is 12.1 Å². The van der Waals surface area contributed by atoms with Crippen LogP contribution in [0.25, 0.3) is 0 Å². The molecule has 0 spiro atoms. The molecule has 4 atom stereocenters. The predicted molar refractivity (Wildman–Crippen MR) is 111 cm³/mol.